The van der Waals surface area contributed by atoms with Gasteiger partial charge in [-0.15, -0.1) is 0 Å². The molecule has 0 aromatic carbocycles. The second-order valence-corrected chi connectivity index (χ2v) is 8.48. The van der Waals surface area contributed by atoms with Crippen LogP contribution < -0.4 is 9.62 Å². The van der Waals surface area contributed by atoms with E-state index in [0.717, 1.165) is 5.69 Å². The van der Waals surface area contributed by atoms with Gasteiger partial charge in [0.2, 0.25) is 15.9 Å². The number of amides is 1. The van der Waals surface area contributed by atoms with Crippen LogP contribution in [0.4, 0.5) is 5.82 Å². The lowest BCUT2D eigenvalue weighted by Gasteiger charge is -2.32. The van der Waals surface area contributed by atoms with Crippen molar-refractivity contribution in [2.45, 2.75) is 38.6 Å². The van der Waals surface area contributed by atoms with Gasteiger partial charge in [-0.1, -0.05) is 0 Å². The van der Waals surface area contributed by atoms with E-state index >= 15 is 0 Å². The fourth-order valence-corrected chi connectivity index (χ4v) is 4.94. The molecule has 0 bridgehead atoms. The molecule has 1 aromatic rings. The molecule has 8 nitrogen and oxygen atoms in total. The monoisotopic (exact) mass is 351 g/mol. The lowest BCUT2D eigenvalue weighted by atomic mass is 10.1. The van der Waals surface area contributed by atoms with E-state index in [1.807, 2.05) is 13.0 Å². The third kappa shape index (κ3) is 3.30. The van der Waals surface area contributed by atoms with Gasteiger partial charge in [-0.05, 0) is 32.6 Å². The molecule has 0 unspecified atom stereocenters. The smallest absolute Gasteiger partial charge is 0.246 e. The first-order valence-corrected chi connectivity index (χ1v) is 9.64. The molecular weight excluding hydrogens is 330 g/mol. The molecule has 1 aromatic heterocycles. The van der Waals surface area contributed by atoms with E-state index in [1.165, 1.54) is 0 Å². The van der Waals surface area contributed by atoms with E-state index in [4.69, 9.17) is 5.26 Å². The third-order valence-corrected chi connectivity index (χ3v) is 6.15. The molecule has 1 amide bonds. The first-order valence-electron chi connectivity index (χ1n) is 7.99. The predicted molar refractivity (Wildman–Crippen MR) is 87.5 cm³/mol. The van der Waals surface area contributed by atoms with Crippen molar-refractivity contribution in [3.63, 3.8) is 0 Å². The third-order valence-electron chi connectivity index (χ3n) is 4.57. The molecule has 1 saturated heterocycles. The Morgan fingerprint density at radius 1 is 1.50 bits per heavy atom. The van der Waals surface area contributed by atoms with Crippen molar-refractivity contribution in [3.8, 4) is 6.07 Å². The standard InChI is InChI=1S/C15H21N5O3S/c1-11-8-13(19(2)17-11)20-7-3-4-12(14(20)21)18-24(22,23)10-15(9-16)5-6-15/h8,12,18H,3-7,10H2,1-2H3/t12-/m1/s1. The molecule has 2 aliphatic rings. The predicted octanol–water partition coefficient (Wildman–Crippen LogP) is 0.447. The Bertz CT molecular complexity index is 804. The molecule has 9 heteroatoms. The minimum atomic E-state index is -3.67. The average molecular weight is 351 g/mol. The van der Waals surface area contributed by atoms with Gasteiger partial charge in [-0.25, -0.2) is 13.1 Å². The molecular formula is C15H21N5O3S. The van der Waals surface area contributed by atoms with Gasteiger partial charge < -0.3 is 0 Å². The second kappa shape index (κ2) is 5.86. The Kier molecular flexibility index (Phi) is 4.13. The van der Waals surface area contributed by atoms with Crippen LogP contribution in [0.2, 0.25) is 0 Å². The number of carbonyl (C=O) groups is 1. The molecule has 1 atom stereocenters. The van der Waals surface area contributed by atoms with Gasteiger partial charge in [-0.2, -0.15) is 10.4 Å². The first kappa shape index (κ1) is 16.9. The summed E-state index contributed by atoms with van der Waals surface area (Å²) in [6.07, 6.45) is 2.37. The summed E-state index contributed by atoms with van der Waals surface area (Å²) >= 11 is 0. The van der Waals surface area contributed by atoms with Crippen molar-refractivity contribution >= 4 is 21.7 Å². The molecule has 24 heavy (non-hydrogen) atoms. The van der Waals surface area contributed by atoms with Gasteiger partial charge in [0.05, 0.1) is 22.9 Å². The SMILES string of the molecule is Cc1cc(N2CCC[C@@H](NS(=O)(=O)CC3(C#N)CC3)C2=O)n(C)n1. The number of rotatable bonds is 5. The van der Waals surface area contributed by atoms with Crippen LogP contribution in [-0.2, 0) is 21.9 Å². The summed E-state index contributed by atoms with van der Waals surface area (Å²) in [4.78, 5) is 14.3. The van der Waals surface area contributed by atoms with E-state index in [1.54, 1.807) is 16.6 Å². The molecule has 0 spiro atoms. The molecule has 2 heterocycles. The van der Waals surface area contributed by atoms with Gasteiger partial charge in [0.25, 0.3) is 0 Å². The maximum Gasteiger partial charge on any atom is 0.246 e. The summed E-state index contributed by atoms with van der Waals surface area (Å²) in [5, 5.41) is 13.3. The van der Waals surface area contributed by atoms with E-state index < -0.39 is 21.5 Å². The molecule has 3 rings (SSSR count). The Labute approximate surface area is 141 Å². The zero-order valence-corrected chi connectivity index (χ0v) is 14.6. The number of hydrogen-bond acceptors (Lipinski definition) is 5. The zero-order chi connectivity index (χ0) is 17.5. The largest absolute Gasteiger partial charge is 0.296 e. The highest BCUT2D eigenvalue weighted by Crippen LogP contribution is 2.45. The van der Waals surface area contributed by atoms with Crippen LogP contribution in [0.25, 0.3) is 0 Å². The van der Waals surface area contributed by atoms with Crippen LogP contribution in [0.15, 0.2) is 6.07 Å². The number of nitrogens with one attached hydrogen (secondary N) is 1. The van der Waals surface area contributed by atoms with Crippen molar-refractivity contribution in [1.29, 1.82) is 5.26 Å². The number of aryl methyl sites for hydroxylation is 2. The highest BCUT2D eigenvalue weighted by Gasteiger charge is 2.47. The number of nitrogens with zero attached hydrogens (tertiary/aromatic N) is 4. The number of nitriles is 1. The van der Waals surface area contributed by atoms with E-state index in [9.17, 15) is 13.2 Å². The summed E-state index contributed by atoms with van der Waals surface area (Å²) in [6.45, 7) is 2.38. The lowest BCUT2D eigenvalue weighted by molar-refractivity contribution is -0.121. The molecule has 1 aliphatic carbocycles. The minimum absolute atomic E-state index is 0.231. The first-order chi connectivity index (χ1) is 11.3. The Morgan fingerprint density at radius 3 is 2.75 bits per heavy atom. The topological polar surface area (TPSA) is 108 Å². The van der Waals surface area contributed by atoms with Crippen molar-refractivity contribution in [2.75, 3.05) is 17.2 Å². The zero-order valence-electron chi connectivity index (χ0n) is 13.8. The maximum absolute atomic E-state index is 12.7. The summed E-state index contributed by atoms with van der Waals surface area (Å²) in [6, 6.07) is 3.10. The van der Waals surface area contributed by atoms with Crippen LogP contribution in [0.3, 0.4) is 0 Å². The molecule has 2 fully saturated rings. The van der Waals surface area contributed by atoms with Gasteiger partial charge in [0.1, 0.15) is 11.9 Å². The van der Waals surface area contributed by atoms with Crippen LogP contribution in [0.1, 0.15) is 31.4 Å². The second-order valence-electron chi connectivity index (χ2n) is 6.72. The van der Waals surface area contributed by atoms with Gasteiger partial charge in [0.15, 0.2) is 0 Å². The Balaban J connectivity index is 1.74. The highest BCUT2D eigenvalue weighted by molar-refractivity contribution is 7.89. The van der Waals surface area contributed by atoms with Crippen LogP contribution >= 0.6 is 0 Å². The molecule has 0 radical (unpaired) electrons. The molecule has 1 aliphatic heterocycles. The number of piperidine rings is 1. The van der Waals surface area contributed by atoms with Crippen molar-refractivity contribution in [1.82, 2.24) is 14.5 Å². The summed E-state index contributed by atoms with van der Waals surface area (Å²) in [7, 11) is -1.92. The summed E-state index contributed by atoms with van der Waals surface area (Å²) in [5.41, 5.74) is 0.0373. The fourth-order valence-electron chi connectivity index (χ4n) is 3.12. The highest BCUT2D eigenvalue weighted by atomic mass is 32.2. The average Bonchev–Trinajstić information content (AvgIpc) is 3.18. The van der Waals surface area contributed by atoms with Gasteiger partial charge in [0, 0.05) is 19.7 Å². The quantitative estimate of drug-likeness (QED) is 0.828. The van der Waals surface area contributed by atoms with E-state index in [-0.39, 0.29) is 11.7 Å². The fraction of sp³-hybridized carbons (Fsp3) is 0.667. The lowest BCUT2D eigenvalue weighted by Crippen LogP contribution is -2.53. The minimum Gasteiger partial charge on any atom is -0.296 e. The number of sulfonamides is 1. The summed E-state index contributed by atoms with van der Waals surface area (Å²) < 4.78 is 28.8. The van der Waals surface area contributed by atoms with E-state index in [0.29, 0.717) is 38.0 Å². The van der Waals surface area contributed by atoms with Crippen LogP contribution in [-0.4, -0.2) is 42.4 Å². The Hall–Kier alpha value is -1.92. The number of carbonyl (C=O) groups excluding carboxylic acids is 1. The molecule has 1 saturated carbocycles. The molecule has 130 valence electrons. The van der Waals surface area contributed by atoms with Gasteiger partial charge >= 0.3 is 0 Å². The summed E-state index contributed by atoms with van der Waals surface area (Å²) in [5.74, 6) is 0.164. The van der Waals surface area contributed by atoms with Crippen molar-refractivity contribution < 1.29 is 13.2 Å². The van der Waals surface area contributed by atoms with Crippen molar-refractivity contribution in [2.24, 2.45) is 12.5 Å². The van der Waals surface area contributed by atoms with Gasteiger partial charge in [-0.3, -0.25) is 14.4 Å². The Morgan fingerprint density at radius 2 is 2.21 bits per heavy atom. The number of aromatic nitrogens is 2. The van der Waals surface area contributed by atoms with Crippen LogP contribution in [0, 0.1) is 23.7 Å². The normalized spacial score (nSPS) is 23.1. The van der Waals surface area contributed by atoms with E-state index in [2.05, 4.69) is 15.9 Å². The van der Waals surface area contributed by atoms with Crippen molar-refractivity contribution in [3.05, 3.63) is 11.8 Å². The number of anilines is 1. The number of hydrogen-bond donors (Lipinski definition) is 1. The maximum atomic E-state index is 12.7. The van der Waals surface area contributed by atoms with Crippen LogP contribution in [0.5, 0.6) is 0 Å². The molecule has 1 N–H and O–H groups in total.